The Morgan fingerprint density at radius 1 is 1.06 bits per heavy atom. The highest BCUT2D eigenvalue weighted by molar-refractivity contribution is 5.89. The second-order valence-corrected chi connectivity index (χ2v) is 8.30. The van der Waals surface area contributed by atoms with Crippen molar-refractivity contribution in [2.24, 2.45) is 5.92 Å². The quantitative estimate of drug-likeness (QED) is 0.744. The van der Waals surface area contributed by atoms with Crippen LogP contribution in [0, 0.1) is 5.92 Å². The molecular formula is C24H29N3O4. The van der Waals surface area contributed by atoms with Gasteiger partial charge in [-0.15, -0.1) is 0 Å². The normalized spacial score (nSPS) is 20.5. The molecule has 0 aliphatic carbocycles. The topological polar surface area (TPSA) is 78.9 Å². The minimum Gasteiger partial charge on any atom is -0.469 e. The Hall–Kier alpha value is -2.93. The van der Waals surface area contributed by atoms with E-state index < -0.39 is 6.04 Å². The van der Waals surface area contributed by atoms with Crippen LogP contribution < -0.4 is 5.32 Å². The molecule has 0 bridgehead atoms. The molecular weight excluding hydrogens is 394 g/mol. The summed E-state index contributed by atoms with van der Waals surface area (Å²) in [5.41, 5.74) is 1.16. The maximum Gasteiger partial charge on any atom is 0.308 e. The van der Waals surface area contributed by atoms with Gasteiger partial charge in [0.15, 0.2) is 0 Å². The molecule has 0 spiro atoms. The Kier molecular flexibility index (Phi) is 6.51. The summed E-state index contributed by atoms with van der Waals surface area (Å²) in [6, 6.07) is 13.9. The number of amides is 2. The Balaban J connectivity index is 1.44. The molecule has 7 nitrogen and oxygen atoms in total. The van der Waals surface area contributed by atoms with E-state index in [9.17, 15) is 14.4 Å². The van der Waals surface area contributed by atoms with E-state index >= 15 is 0 Å². The predicted octanol–water partition coefficient (Wildman–Crippen LogP) is 1.94. The third-order valence-corrected chi connectivity index (χ3v) is 6.45. The van der Waals surface area contributed by atoms with Crippen LogP contribution in [0.2, 0.25) is 0 Å². The number of hydrogen-bond acceptors (Lipinski definition) is 5. The monoisotopic (exact) mass is 423 g/mol. The Bertz CT molecular complexity index is 963. The number of hydrogen-bond donors (Lipinski definition) is 1. The van der Waals surface area contributed by atoms with Gasteiger partial charge in [-0.05, 0) is 29.2 Å². The van der Waals surface area contributed by atoms with Crippen molar-refractivity contribution >= 4 is 28.6 Å². The molecule has 0 saturated carbocycles. The molecule has 2 aliphatic heterocycles. The fraction of sp³-hybridized carbons (Fsp3) is 0.458. The molecule has 2 aliphatic rings. The second-order valence-electron chi connectivity index (χ2n) is 8.30. The number of rotatable bonds is 5. The number of ether oxygens (including phenoxy) is 1. The lowest BCUT2D eigenvalue weighted by molar-refractivity contribution is -0.149. The second kappa shape index (κ2) is 9.47. The minimum atomic E-state index is -0.487. The van der Waals surface area contributed by atoms with E-state index in [0.29, 0.717) is 45.6 Å². The lowest BCUT2D eigenvalue weighted by atomic mass is 9.96. The van der Waals surface area contributed by atoms with Gasteiger partial charge in [-0.1, -0.05) is 42.5 Å². The predicted molar refractivity (Wildman–Crippen MR) is 117 cm³/mol. The SMILES string of the molecule is COC(=O)C1CCN(C(=O)C[C@H]2C(=O)NCCN2Cc2cccc3ccccc23)CC1. The van der Waals surface area contributed by atoms with Crippen LogP contribution in [0.3, 0.4) is 0 Å². The summed E-state index contributed by atoms with van der Waals surface area (Å²) in [5.74, 6) is -0.479. The maximum absolute atomic E-state index is 13.0. The molecule has 164 valence electrons. The number of carbonyl (C=O) groups is 3. The molecule has 2 saturated heterocycles. The molecule has 1 atom stereocenters. The number of nitrogens with zero attached hydrogens (tertiary/aromatic N) is 2. The molecule has 2 aromatic rings. The first kappa shape index (κ1) is 21.3. The highest BCUT2D eigenvalue weighted by Crippen LogP contribution is 2.24. The van der Waals surface area contributed by atoms with Gasteiger partial charge in [-0.25, -0.2) is 0 Å². The van der Waals surface area contributed by atoms with E-state index in [1.807, 2.05) is 18.2 Å². The van der Waals surface area contributed by atoms with Crippen molar-refractivity contribution in [1.29, 1.82) is 0 Å². The number of piperidine rings is 1. The number of carbonyl (C=O) groups excluding carboxylic acids is 3. The molecule has 2 fully saturated rings. The zero-order valence-corrected chi connectivity index (χ0v) is 17.9. The first-order valence-corrected chi connectivity index (χ1v) is 10.9. The Morgan fingerprint density at radius 2 is 1.81 bits per heavy atom. The van der Waals surface area contributed by atoms with Crippen LogP contribution in [-0.2, 0) is 25.7 Å². The van der Waals surface area contributed by atoms with Crippen LogP contribution in [0.4, 0.5) is 0 Å². The number of piperazine rings is 1. The zero-order chi connectivity index (χ0) is 21.8. The minimum absolute atomic E-state index is 0.0340. The highest BCUT2D eigenvalue weighted by Gasteiger charge is 2.35. The smallest absolute Gasteiger partial charge is 0.308 e. The van der Waals surface area contributed by atoms with Crippen LogP contribution in [0.5, 0.6) is 0 Å². The van der Waals surface area contributed by atoms with Crippen LogP contribution in [0.25, 0.3) is 10.8 Å². The van der Waals surface area contributed by atoms with E-state index in [0.717, 1.165) is 5.56 Å². The van der Waals surface area contributed by atoms with Gasteiger partial charge in [0.2, 0.25) is 11.8 Å². The van der Waals surface area contributed by atoms with E-state index in [4.69, 9.17) is 4.74 Å². The summed E-state index contributed by atoms with van der Waals surface area (Å²) in [6.07, 6.45) is 1.36. The summed E-state index contributed by atoms with van der Waals surface area (Å²) in [6.45, 7) is 2.96. The summed E-state index contributed by atoms with van der Waals surface area (Å²) in [5, 5.41) is 5.25. The van der Waals surface area contributed by atoms with Crippen LogP contribution in [0.1, 0.15) is 24.8 Å². The number of fused-ring (bicyclic) bond motifs is 1. The fourth-order valence-corrected chi connectivity index (χ4v) is 4.65. The lowest BCUT2D eigenvalue weighted by Gasteiger charge is -2.37. The number of methoxy groups -OCH3 is 1. The van der Waals surface area contributed by atoms with E-state index in [1.54, 1.807) is 4.90 Å². The molecule has 2 heterocycles. The molecule has 2 amide bonds. The molecule has 1 N–H and O–H groups in total. The maximum atomic E-state index is 13.0. The van der Waals surface area contributed by atoms with Crippen molar-refractivity contribution in [3.8, 4) is 0 Å². The Morgan fingerprint density at radius 3 is 2.58 bits per heavy atom. The molecule has 31 heavy (non-hydrogen) atoms. The standard InChI is InChI=1S/C24H29N3O4/c1-31-24(30)18-9-12-26(13-10-18)22(28)15-21-23(29)25-11-14-27(21)16-19-7-4-6-17-5-2-3-8-20(17)19/h2-8,18,21H,9-16H2,1H3,(H,25,29)/t21-/m0/s1. The molecule has 0 aromatic heterocycles. The third kappa shape index (κ3) is 4.71. The van der Waals surface area contributed by atoms with Crippen molar-refractivity contribution in [3.63, 3.8) is 0 Å². The van der Waals surface area contributed by atoms with Gasteiger partial charge >= 0.3 is 5.97 Å². The molecule has 4 rings (SSSR count). The van der Waals surface area contributed by atoms with Gasteiger partial charge in [0, 0.05) is 32.7 Å². The van der Waals surface area contributed by atoms with Crippen molar-refractivity contribution in [3.05, 3.63) is 48.0 Å². The largest absolute Gasteiger partial charge is 0.469 e. The van der Waals surface area contributed by atoms with E-state index in [-0.39, 0.29) is 30.1 Å². The van der Waals surface area contributed by atoms with Crippen molar-refractivity contribution in [2.75, 3.05) is 33.3 Å². The van der Waals surface area contributed by atoms with Crippen molar-refractivity contribution in [2.45, 2.75) is 31.8 Å². The van der Waals surface area contributed by atoms with Gasteiger partial charge in [-0.3, -0.25) is 19.3 Å². The average molecular weight is 424 g/mol. The third-order valence-electron chi connectivity index (χ3n) is 6.45. The summed E-state index contributed by atoms with van der Waals surface area (Å²) >= 11 is 0. The number of benzene rings is 2. The first-order chi connectivity index (χ1) is 15.1. The highest BCUT2D eigenvalue weighted by atomic mass is 16.5. The van der Waals surface area contributed by atoms with Crippen LogP contribution >= 0.6 is 0 Å². The van der Waals surface area contributed by atoms with Crippen LogP contribution in [0.15, 0.2) is 42.5 Å². The average Bonchev–Trinajstić information content (AvgIpc) is 2.81. The number of esters is 1. The summed E-state index contributed by atoms with van der Waals surface area (Å²) in [7, 11) is 1.39. The zero-order valence-electron chi connectivity index (χ0n) is 17.9. The molecule has 2 aromatic carbocycles. The van der Waals surface area contributed by atoms with Gasteiger partial charge in [0.1, 0.15) is 0 Å². The van der Waals surface area contributed by atoms with Crippen molar-refractivity contribution in [1.82, 2.24) is 15.1 Å². The van der Waals surface area contributed by atoms with Gasteiger partial charge in [0.25, 0.3) is 0 Å². The summed E-state index contributed by atoms with van der Waals surface area (Å²) in [4.78, 5) is 41.3. The van der Waals surface area contributed by atoms with Crippen LogP contribution in [-0.4, -0.2) is 66.9 Å². The molecule has 0 radical (unpaired) electrons. The fourth-order valence-electron chi connectivity index (χ4n) is 4.65. The molecule has 7 heteroatoms. The number of likely N-dealkylation sites (tertiary alicyclic amines) is 1. The number of nitrogens with one attached hydrogen (secondary N) is 1. The summed E-state index contributed by atoms with van der Waals surface area (Å²) < 4.78 is 4.82. The lowest BCUT2D eigenvalue weighted by Crippen LogP contribution is -2.56. The van der Waals surface area contributed by atoms with E-state index in [2.05, 4.69) is 34.5 Å². The molecule has 0 unspecified atom stereocenters. The van der Waals surface area contributed by atoms with Gasteiger partial charge < -0.3 is 15.0 Å². The first-order valence-electron chi connectivity index (χ1n) is 10.9. The van der Waals surface area contributed by atoms with E-state index in [1.165, 1.54) is 17.9 Å². The van der Waals surface area contributed by atoms with Gasteiger partial charge in [-0.2, -0.15) is 0 Å². The van der Waals surface area contributed by atoms with Crippen molar-refractivity contribution < 1.29 is 19.1 Å². The Labute approximate surface area is 182 Å². The van der Waals surface area contributed by atoms with Gasteiger partial charge in [0.05, 0.1) is 25.5 Å².